The number of aliphatic hydroxyl groups is 1. The number of hydrogen-bond acceptors (Lipinski definition) is 4. The average Bonchev–Trinajstić information content (AvgIpc) is 2.17. The van der Waals surface area contributed by atoms with Crippen LogP contribution in [0.4, 0.5) is 4.79 Å². The van der Waals surface area contributed by atoms with E-state index in [1.54, 1.807) is 13.8 Å². The molecule has 84 valence electrons. The van der Waals surface area contributed by atoms with Crippen molar-refractivity contribution < 1.29 is 19.4 Å². The Labute approximate surface area is 87.4 Å². The summed E-state index contributed by atoms with van der Waals surface area (Å²) in [5.74, 6) is -0.930. The van der Waals surface area contributed by atoms with Crippen molar-refractivity contribution in [2.24, 2.45) is 10.7 Å². The maximum Gasteiger partial charge on any atom is 0.343 e. The Morgan fingerprint density at radius 3 is 2.47 bits per heavy atom. The van der Waals surface area contributed by atoms with Crippen LogP contribution in [0.2, 0.25) is 0 Å². The maximum absolute atomic E-state index is 11.3. The number of carbonyl (C=O) groups excluding carboxylic acids is 2. The Balaban J connectivity index is 4.91. The Morgan fingerprint density at radius 2 is 2.07 bits per heavy atom. The highest BCUT2D eigenvalue weighted by Gasteiger charge is 2.13. The zero-order valence-electron chi connectivity index (χ0n) is 8.69. The minimum absolute atomic E-state index is 0.154. The molecule has 0 fully saturated rings. The zero-order chi connectivity index (χ0) is 11.8. The number of rotatable bonds is 4. The zero-order valence-corrected chi connectivity index (χ0v) is 8.69. The molecule has 0 saturated carbocycles. The van der Waals surface area contributed by atoms with Gasteiger partial charge in [-0.15, -0.1) is 0 Å². The van der Waals surface area contributed by atoms with Crippen LogP contribution in [0.3, 0.4) is 0 Å². The molecule has 0 saturated heterocycles. The molecule has 6 heteroatoms. The Hall–Kier alpha value is -1.85. The molecule has 0 atom stereocenters. The quantitative estimate of drug-likeness (QED) is 0.314. The number of aliphatic imine (C=N–C) groups is 1. The molecule has 0 aliphatic rings. The van der Waals surface area contributed by atoms with Crippen molar-refractivity contribution in [2.45, 2.75) is 20.3 Å². The van der Waals surface area contributed by atoms with Crippen LogP contribution in [-0.2, 0) is 9.53 Å². The van der Waals surface area contributed by atoms with Crippen molar-refractivity contribution in [2.75, 3.05) is 6.61 Å². The first-order valence-corrected chi connectivity index (χ1v) is 4.45. The number of aliphatic hydroxyl groups excluding tert-OH is 1. The second-order valence-corrected chi connectivity index (χ2v) is 2.53. The summed E-state index contributed by atoms with van der Waals surface area (Å²) in [5.41, 5.74) is 4.61. The van der Waals surface area contributed by atoms with Gasteiger partial charge in [0.15, 0.2) is 0 Å². The number of nitrogens with two attached hydrogens (primary N) is 1. The van der Waals surface area contributed by atoms with Crippen molar-refractivity contribution in [3.05, 3.63) is 11.3 Å². The Kier molecular flexibility index (Phi) is 5.77. The molecule has 0 spiro atoms. The van der Waals surface area contributed by atoms with Crippen LogP contribution < -0.4 is 5.73 Å². The largest absolute Gasteiger partial charge is 0.511 e. The van der Waals surface area contributed by atoms with Crippen LogP contribution in [0.5, 0.6) is 0 Å². The van der Waals surface area contributed by atoms with Crippen molar-refractivity contribution in [3.63, 3.8) is 0 Å². The van der Waals surface area contributed by atoms with Gasteiger partial charge in [-0.05, 0) is 6.92 Å². The molecule has 0 aromatic heterocycles. The van der Waals surface area contributed by atoms with E-state index in [4.69, 9.17) is 5.73 Å². The lowest BCUT2D eigenvalue weighted by Crippen LogP contribution is -2.13. The number of nitrogens with zero attached hydrogens (tertiary/aromatic N) is 1. The van der Waals surface area contributed by atoms with Crippen molar-refractivity contribution >= 4 is 18.2 Å². The fraction of sp³-hybridized carbons (Fsp3) is 0.444. The predicted octanol–water partition coefficient (Wildman–Crippen LogP) is 0.921. The van der Waals surface area contributed by atoms with Crippen LogP contribution in [0, 0.1) is 0 Å². The van der Waals surface area contributed by atoms with Gasteiger partial charge in [-0.25, -0.2) is 14.6 Å². The highest BCUT2D eigenvalue weighted by atomic mass is 16.5. The Bertz CT molecular complexity index is 307. The van der Waals surface area contributed by atoms with Crippen molar-refractivity contribution in [1.82, 2.24) is 0 Å². The maximum atomic E-state index is 11.3. The molecule has 3 N–H and O–H groups in total. The van der Waals surface area contributed by atoms with Gasteiger partial charge in [-0.1, -0.05) is 6.92 Å². The number of amides is 2. The summed E-state index contributed by atoms with van der Waals surface area (Å²) < 4.78 is 4.66. The lowest BCUT2D eigenvalue weighted by molar-refractivity contribution is -0.138. The summed E-state index contributed by atoms with van der Waals surface area (Å²) in [6.07, 6.45) is 1.14. The van der Waals surface area contributed by atoms with Gasteiger partial charge >= 0.3 is 12.0 Å². The van der Waals surface area contributed by atoms with E-state index in [1.165, 1.54) is 0 Å². The van der Waals surface area contributed by atoms with E-state index < -0.39 is 12.0 Å². The minimum Gasteiger partial charge on any atom is -0.511 e. The van der Waals surface area contributed by atoms with Crippen LogP contribution in [0.1, 0.15) is 20.3 Å². The molecular weight excluding hydrogens is 200 g/mol. The fourth-order valence-corrected chi connectivity index (χ4v) is 0.772. The van der Waals surface area contributed by atoms with E-state index >= 15 is 0 Å². The first-order valence-electron chi connectivity index (χ1n) is 4.45. The summed E-state index contributed by atoms with van der Waals surface area (Å²) in [4.78, 5) is 24.8. The number of ether oxygens (including phenoxy) is 1. The monoisotopic (exact) mass is 214 g/mol. The molecule has 0 aliphatic carbocycles. The Morgan fingerprint density at radius 1 is 1.47 bits per heavy atom. The summed E-state index contributed by atoms with van der Waals surface area (Å²) in [6, 6.07) is -0.944. The number of urea groups is 1. The third-order valence-corrected chi connectivity index (χ3v) is 1.46. The number of hydrogen-bond donors (Lipinski definition) is 2. The standard InChI is InChI=1S/C9H14N2O4/c1-3-7(12)6(5-11-9(10)14)8(13)15-4-2/h5,12H,3-4H2,1-2H3,(H2,10,14). The molecule has 0 aromatic rings. The summed E-state index contributed by atoms with van der Waals surface area (Å²) in [5, 5.41) is 9.36. The molecule has 15 heavy (non-hydrogen) atoms. The molecule has 0 bridgehead atoms. The third-order valence-electron chi connectivity index (χ3n) is 1.46. The highest BCUT2D eigenvalue weighted by Crippen LogP contribution is 2.05. The summed E-state index contributed by atoms with van der Waals surface area (Å²) >= 11 is 0. The van der Waals surface area contributed by atoms with Gasteiger partial charge in [0.25, 0.3) is 0 Å². The van der Waals surface area contributed by atoms with Crippen LogP contribution in [-0.4, -0.2) is 29.9 Å². The van der Waals surface area contributed by atoms with Crippen LogP contribution in [0.25, 0.3) is 0 Å². The second-order valence-electron chi connectivity index (χ2n) is 2.53. The molecule has 0 heterocycles. The summed E-state index contributed by atoms with van der Waals surface area (Å²) in [6.45, 7) is 3.44. The predicted molar refractivity (Wildman–Crippen MR) is 54.7 cm³/mol. The molecule has 6 nitrogen and oxygen atoms in total. The van der Waals surface area contributed by atoms with E-state index in [2.05, 4.69) is 9.73 Å². The van der Waals surface area contributed by atoms with E-state index in [-0.39, 0.29) is 24.4 Å². The van der Waals surface area contributed by atoms with E-state index in [0.29, 0.717) is 0 Å². The molecule has 0 rings (SSSR count). The first-order chi connectivity index (χ1) is 7.02. The van der Waals surface area contributed by atoms with E-state index in [0.717, 1.165) is 6.21 Å². The first kappa shape index (κ1) is 13.2. The lowest BCUT2D eigenvalue weighted by Gasteiger charge is -2.03. The molecule has 0 unspecified atom stereocenters. The van der Waals surface area contributed by atoms with Crippen molar-refractivity contribution in [1.29, 1.82) is 0 Å². The van der Waals surface area contributed by atoms with Gasteiger partial charge in [-0.3, -0.25) is 0 Å². The molecule has 0 aliphatic heterocycles. The number of esters is 1. The van der Waals surface area contributed by atoms with E-state index in [9.17, 15) is 14.7 Å². The molecular formula is C9H14N2O4. The molecule has 0 aromatic carbocycles. The second kappa shape index (κ2) is 6.58. The SMILES string of the molecule is CCOC(=O)C(C=NC(N)=O)=C(O)CC. The van der Waals surface area contributed by atoms with Gasteiger partial charge in [0.05, 0.1) is 12.8 Å². The van der Waals surface area contributed by atoms with E-state index in [1.807, 2.05) is 0 Å². The number of primary amides is 1. The highest BCUT2D eigenvalue weighted by molar-refractivity contribution is 6.11. The average molecular weight is 214 g/mol. The fourth-order valence-electron chi connectivity index (χ4n) is 0.772. The number of allylic oxidation sites excluding steroid dienone is 1. The van der Waals surface area contributed by atoms with Crippen molar-refractivity contribution in [3.8, 4) is 0 Å². The van der Waals surface area contributed by atoms with Crippen LogP contribution in [0.15, 0.2) is 16.3 Å². The van der Waals surface area contributed by atoms with Gasteiger partial charge in [-0.2, -0.15) is 0 Å². The van der Waals surface area contributed by atoms with Gasteiger partial charge in [0, 0.05) is 6.42 Å². The summed E-state index contributed by atoms with van der Waals surface area (Å²) in [7, 11) is 0. The van der Waals surface area contributed by atoms with Gasteiger partial charge in [0.1, 0.15) is 11.3 Å². The molecule has 2 amide bonds. The lowest BCUT2D eigenvalue weighted by atomic mass is 10.2. The minimum atomic E-state index is -0.944. The number of carbonyl (C=O) groups is 2. The molecule has 0 radical (unpaired) electrons. The normalized spacial score (nSPS) is 12.4. The van der Waals surface area contributed by atoms with Gasteiger partial charge in [0.2, 0.25) is 0 Å². The smallest absolute Gasteiger partial charge is 0.343 e. The van der Waals surface area contributed by atoms with Gasteiger partial charge < -0.3 is 15.6 Å². The topological polar surface area (TPSA) is 102 Å². The van der Waals surface area contributed by atoms with Crippen LogP contribution >= 0.6 is 0 Å². The third kappa shape index (κ3) is 4.80.